The van der Waals surface area contributed by atoms with E-state index in [-0.39, 0.29) is 12.7 Å². The van der Waals surface area contributed by atoms with Crippen LogP contribution in [0.1, 0.15) is 5.56 Å². The van der Waals surface area contributed by atoms with Gasteiger partial charge in [-0.15, -0.1) is 0 Å². The number of methoxy groups -OCH3 is 1. The van der Waals surface area contributed by atoms with Crippen molar-refractivity contribution in [2.75, 3.05) is 19.2 Å². The van der Waals surface area contributed by atoms with E-state index in [1.807, 2.05) is 12.1 Å². The van der Waals surface area contributed by atoms with Crippen LogP contribution in [0.15, 0.2) is 48.5 Å². The van der Waals surface area contributed by atoms with Crippen molar-refractivity contribution < 1.29 is 14.3 Å². The van der Waals surface area contributed by atoms with Crippen LogP contribution in [0.3, 0.4) is 0 Å². The first-order valence-corrected chi connectivity index (χ1v) is 7.50. The molecule has 0 saturated carbocycles. The SMILES string of the molecule is COCOc1ccc(/C=C/C(=O)Nc2ccc(Cl)c(Cl)c2)cc1. The second-order valence-corrected chi connectivity index (χ2v) is 5.39. The zero-order valence-corrected chi connectivity index (χ0v) is 13.9. The molecule has 0 aliphatic rings. The molecule has 0 fully saturated rings. The van der Waals surface area contributed by atoms with Gasteiger partial charge < -0.3 is 14.8 Å². The minimum absolute atomic E-state index is 0.196. The molecule has 0 unspecified atom stereocenters. The van der Waals surface area contributed by atoms with Crippen LogP contribution >= 0.6 is 23.2 Å². The predicted molar refractivity (Wildman–Crippen MR) is 93.1 cm³/mol. The molecular weight excluding hydrogens is 337 g/mol. The van der Waals surface area contributed by atoms with Crippen LogP contribution in [0.25, 0.3) is 6.08 Å². The topological polar surface area (TPSA) is 47.6 Å². The molecule has 0 radical (unpaired) electrons. The summed E-state index contributed by atoms with van der Waals surface area (Å²) >= 11 is 11.7. The fourth-order valence-corrected chi connectivity index (χ4v) is 2.03. The highest BCUT2D eigenvalue weighted by molar-refractivity contribution is 6.42. The van der Waals surface area contributed by atoms with Crippen molar-refractivity contribution in [2.45, 2.75) is 0 Å². The van der Waals surface area contributed by atoms with E-state index in [0.717, 1.165) is 5.56 Å². The van der Waals surface area contributed by atoms with Crippen molar-refractivity contribution in [1.29, 1.82) is 0 Å². The summed E-state index contributed by atoms with van der Waals surface area (Å²) in [7, 11) is 1.56. The van der Waals surface area contributed by atoms with E-state index < -0.39 is 0 Å². The first-order chi connectivity index (χ1) is 11.1. The molecule has 0 aliphatic heterocycles. The van der Waals surface area contributed by atoms with E-state index in [0.29, 0.717) is 21.5 Å². The molecule has 1 N–H and O–H groups in total. The van der Waals surface area contributed by atoms with Crippen molar-refractivity contribution >= 4 is 40.9 Å². The number of halogens is 2. The van der Waals surface area contributed by atoms with Crippen molar-refractivity contribution in [1.82, 2.24) is 0 Å². The Morgan fingerprint density at radius 3 is 2.52 bits per heavy atom. The number of amides is 1. The summed E-state index contributed by atoms with van der Waals surface area (Å²) in [6.07, 6.45) is 3.14. The van der Waals surface area contributed by atoms with Gasteiger partial charge in [-0.2, -0.15) is 0 Å². The van der Waals surface area contributed by atoms with Gasteiger partial charge >= 0.3 is 0 Å². The van der Waals surface area contributed by atoms with E-state index >= 15 is 0 Å². The highest BCUT2D eigenvalue weighted by atomic mass is 35.5. The van der Waals surface area contributed by atoms with Gasteiger partial charge in [0.1, 0.15) is 5.75 Å². The summed E-state index contributed by atoms with van der Waals surface area (Å²) in [5, 5.41) is 3.54. The first-order valence-electron chi connectivity index (χ1n) is 6.74. The zero-order chi connectivity index (χ0) is 16.7. The van der Waals surface area contributed by atoms with Gasteiger partial charge in [-0.3, -0.25) is 4.79 Å². The van der Waals surface area contributed by atoms with Crippen molar-refractivity contribution in [3.05, 3.63) is 64.1 Å². The lowest BCUT2D eigenvalue weighted by atomic mass is 10.2. The lowest BCUT2D eigenvalue weighted by Crippen LogP contribution is -2.07. The van der Waals surface area contributed by atoms with Crippen molar-refractivity contribution in [2.24, 2.45) is 0 Å². The second-order valence-electron chi connectivity index (χ2n) is 4.57. The van der Waals surface area contributed by atoms with Crippen LogP contribution in [0, 0.1) is 0 Å². The van der Waals surface area contributed by atoms with E-state index in [2.05, 4.69) is 5.32 Å². The molecule has 0 saturated heterocycles. The molecule has 2 rings (SSSR count). The van der Waals surface area contributed by atoms with Crippen LogP contribution in [0.5, 0.6) is 5.75 Å². The van der Waals surface area contributed by atoms with Crippen molar-refractivity contribution in [3.63, 3.8) is 0 Å². The third-order valence-electron chi connectivity index (χ3n) is 2.84. The maximum absolute atomic E-state index is 11.9. The maximum atomic E-state index is 11.9. The molecular formula is C17H15Cl2NO3. The summed E-state index contributed by atoms with van der Waals surface area (Å²) in [6.45, 7) is 0.196. The van der Waals surface area contributed by atoms with E-state index in [1.165, 1.54) is 6.08 Å². The average Bonchev–Trinajstić information content (AvgIpc) is 2.55. The quantitative estimate of drug-likeness (QED) is 0.609. The summed E-state index contributed by atoms with van der Waals surface area (Å²) in [5.41, 5.74) is 1.46. The standard InChI is InChI=1S/C17H15Cl2NO3/c1-22-11-23-14-6-2-12(3-7-14)4-9-17(21)20-13-5-8-15(18)16(19)10-13/h2-10H,11H2,1H3,(H,20,21)/b9-4+. The molecule has 0 spiro atoms. The molecule has 0 bridgehead atoms. The molecule has 0 heterocycles. The van der Waals surface area contributed by atoms with E-state index in [4.69, 9.17) is 32.7 Å². The Labute approximate surface area is 144 Å². The van der Waals surface area contributed by atoms with Crippen LogP contribution in [-0.4, -0.2) is 19.8 Å². The predicted octanol–water partition coefficient (Wildman–Crippen LogP) is 4.63. The fourth-order valence-electron chi connectivity index (χ4n) is 1.73. The zero-order valence-electron chi connectivity index (χ0n) is 12.4. The van der Waals surface area contributed by atoms with Gasteiger partial charge in [0.25, 0.3) is 0 Å². The highest BCUT2D eigenvalue weighted by Gasteiger charge is 2.02. The van der Waals surface area contributed by atoms with Crippen molar-refractivity contribution in [3.8, 4) is 5.75 Å². The smallest absolute Gasteiger partial charge is 0.248 e. The number of hydrogen-bond donors (Lipinski definition) is 1. The Hall–Kier alpha value is -2.01. The normalized spacial score (nSPS) is 10.7. The second kappa shape index (κ2) is 8.58. The third kappa shape index (κ3) is 5.60. The van der Waals surface area contributed by atoms with Gasteiger partial charge in [0, 0.05) is 18.9 Å². The molecule has 23 heavy (non-hydrogen) atoms. The molecule has 120 valence electrons. The van der Waals surface area contributed by atoms with Gasteiger partial charge in [0.15, 0.2) is 6.79 Å². The number of carbonyl (C=O) groups excluding carboxylic acids is 1. The number of benzene rings is 2. The molecule has 1 amide bonds. The monoisotopic (exact) mass is 351 g/mol. The summed E-state index contributed by atoms with van der Waals surface area (Å²) in [6, 6.07) is 12.2. The molecule has 0 aromatic heterocycles. The number of hydrogen-bond acceptors (Lipinski definition) is 3. The number of anilines is 1. The molecule has 0 atom stereocenters. The highest BCUT2D eigenvalue weighted by Crippen LogP contribution is 2.25. The lowest BCUT2D eigenvalue weighted by Gasteiger charge is -2.04. The van der Waals surface area contributed by atoms with Gasteiger partial charge in [-0.25, -0.2) is 0 Å². The summed E-state index contributed by atoms with van der Waals surface area (Å²) in [5.74, 6) is 0.437. The Kier molecular flexibility index (Phi) is 6.47. The Balaban J connectivity index is 1.93. The molecule has 0 aliphatic carbocycles. The lowest BCUT2D eigenvalue weighted by molar-refractivity contribution is -0.111. The third-order valence-corrected chi connectivity index (χ3v) is 3.58. The molecule has 2 aromatic carbocycles. The summed E-state index contributed by atoms with van der Waals surface area (Å²) in [4.78, 5) is 11.9. The van der Waals surface area contributed by atoms with Gasteiger partial charge in [-0.1, -0.05) is 35.3 Å². The maximum Gasteiger partial charge on any atom is 0.248 e. The van der Waals surface area contributed by atoms with Gasteiger partial charge in [0.2, 0.25) is 5.91 Å². The molecule has 4 nitrogen and oxygen atoms in total. The van der Waals surface area contributed by atoms with Gasteiger partial charge in [-0.05, 0) is 42.0 Å². The Morgan fingerprint density at radius 2 is 1.87 bits per heavy atom. The van der Waals surface area contributed by atoms with Crippen LogP contribution in [0.2, 0.25) is 10.0 Å². The first kappa shape index (κ1) is 17.3. The van der Waals surface area contributed by atoms with E-state index in [1.54, 1.807) is 43.5 Å². The minimum atomic E-state index is -0.261. The number of carbonyl (C=O) groups is 1. The number of nitrogens with one attached hydrogen (secondary N) is 1. The van der Waals surface area contributed by atoms with E-state index in [9.17, 15) is 4.79 Å². The molecule has 6 heteroatoms. The Bertz CT molecular complexity index is 699. The number of ether oxygens (including phenoxy) is 2. The minimum Gasteiger partial charge on any atom is -0.468 e. The average molecular weight is 352 g/mol. The Morgan fingerprint density at radius 1 is 1.13 bits per heavy atom. The van der Waals surface area contributed by atoms with Crippen LogP contribution < -0.4 is 10.1 Å². The van der Waals surface area contributed by atoms with Crippen LogP contribution in [-0.2, 0) is 9.53 Å². The van der Waals surface area contributed by atoms with Crippen LogP contribution in [0.4, 0.5) is 5.69 Å². The molecule has 2 aromatic rings. The number of rotatable bonds is 6. The summed E-state index contributed by atoms with van der Waals surface area (Å²) < 4.78 is 10.1. The fraction of sp³-hybridized carbons (Fsp3) is 0.118. The van der Waals surface area contributed by atoms with Gasteiger partial charge in [0.05, 0.1) is 10.0 Å². The largest absolute Gasteiger partial charge is 0.468 e.